The fourth-order valence-corrected chi connectivity index (χ4v) is 4.63. The van der Waals surface area contributed by atoms with Crippen LogP contribution in [0.3, 0.4) is 0 Å². The molecule has 0 saturated heterocycles. The predicted molar refractivity (Wildman–Crippen MR) is 105 cm³/mol. The van der Waals surface area contributed by atoms with Gasteiger partial charge in [-0.15, -0.1) is 0 Å². The Hall–Kier alpha value is -2.16. The Balaban J connectivity index is 1.60. The largest absolute Gasteiger partial charge is 0.482 e. The Morgan fingerprint density at radius 3 is 2.61 bits per heavy atom. The maximum atomic E-state index is 13.1. The number of hydrogen-bond donors (Lipinski definition) is 2. The minimum absolute atomic E-state index is 0.0426. The van der Waals surface area contributed by atoms with E-state index in [9.17, 15) is 17.6 Å². The summed E-state index contributed by atoms with van der Waals surface area (Å²) >= 11 is 6.12. The van der Waals surface area contributed by atoms with E-state index in [0.717, 1.165) is 25.7 Å². The van der Waals surface area contributed by atoms with Gasteiger partial charge >= 0.3 is 0 Å². The molecular formula is C19H20ClFN2O4S. The second-order valence-electron chi connectivity index (χ2n) is 6.54. The first-order valence-electron chi connectivity index (χ1n) is 8.83. The van der Waals surface area contributed by atoms with Crippen molar-refractivity contribution in [3.63, 3.8) is 0 Å². The monoisotopic (exact) mass is 426 g/mol. The molecule has 1 aliphatic carbocycles. The van der Waals surface area contributed by atoms with Crippen LogP contribution in [0.4, 0.5) is 10.1 Å². The molecule has 0 heterocycles. The van der Waals surface area contributed by atoms with Gasteiger partial charge in [-0.1, -0.05) is 30.5 Å². The summed E-state index contributed by atoms with van der Waals surface area (Å²) in [5.74, 6) is -0.790. The number of hydrogen-bond acceptors (Lipinski definition) is 4. The van der Waals surface area contributed by atoms with Crippen molar-refractivity contribution in [2.45, 2.75) is 36.6 Å². The van der Waals surface area contributed by atoms with Crippen molar-refractivity contribution in [1.29, 1.82) is 0 Å². The van der Waals surface area contributed by atoms with Crippen LogP contribution in [0.2, 0.25) is 5.02 Å². The molecule has 0 radical (unpaired) electrons. The van der Waals surface area contributed by atoms with Crippen LogP contribution in [0.1, 0.15) is 25.7 Å². The van der Waals surface area contributed by atoms with E-state index in [4.69, 9.17) is 16.3 Å². The van der Waals surface area contributed by atoms with Crippen molar-refractivity contribution in [2.75, 3.05) is 11.9 Å². The molecule has 6 nitrogen and oxygen atoms in total. The molecule has 28 heavy (non-hydrogen) atoms. The van der Waals surface area contributed by atoms with Gasteiger partial charge in [-0.3, -0.25) is 4.79 Å². The Kier molecular flexibility index (Phi) is 6.53. The van der Waals surface area contributed by atoms with Crippen LogP contribution in [0, 0.1) is 5.82 Å². The summed E-state index contributed by atoms with van der Waals surface area (Å²) in [6.07, 6.45) is 3.68. The number of carbonyl (C=O) groups excluding carboxylic acids is 1. The molecule has 0 aromatic heterocycles. The molecule has 9 heteroatoms. The molecule has 0 aliphatic heterocycles. The number of anilines is 1. The van der Waals surface area contributed by atoms with Gasteiger partial charge in [0.25, 0.3) is 5.91 Å². The quantitative estimate of drug-likeness (QED) is 0.706. The highest BCUT2D eigenvalue weighted by Crippen LogP contribution is 2.28. The number of amides is 1. The minimum Gasteiger partial charge on any atom is -0.482 e. The van der Waals surface area contributed by atoms with Gasteiger partial charge in [0.2, 0.25) is 10.0 Å². The van der Waals surface area contributed by atoms with E-state index < -0.39 is 21.7 Å². The van der Waals surface area contributed by atoms with Gasteiger partial charge in [0, 0.05) is 11.7 Å². The Morgan fingerprint density at radius 2 is 1.93 bits per heavy atom. The van der Waals surface area contributed by atoms with Crippen LogP contribution >= 0.6 is 11.6 Å². The molecule has 150 valence electrons. The second kappa shape index (κ2) is 8.89. The summed E-state index contributed by atoms with van der Waals surface area (Å²) in [6, 6.07) is 9.49. The fourth-order valence-electron chi connectivity index (χ4n) is 3.00. The summed E-state index contributed by atoms with van der Waals surface area (Å²) < 4.78 is 46.0. The van der Waals surface area contributed by atoms with Gasteiger partial charge < -0.3 is 10.1 Å². The van der Waals surface area contributed by atoms with Crippen LogP contribution in [0.5, 0.6) is 5.75 Å². The first-order chi connectivity index (χ1) is 13.3. The first-order valence-corrected chi connectivity index (χ1v) is 10.7. The number of halogens is 2. The van der Waals surface area contributed by atoms with Gasteiger partial charge in [-0.05, 0) is 49.2 Å². The number of carbonyl (C=O) groups is 1. The number of ether oxygens (including phenoxy) is 1. The highest BCUT2D eigenvalue weighted by atomic mass is 35.5. The van der Waals surface area contributed by atoms with E-state index in [1.54, 1.807) is 6.07 Å². The summed E-state index contributed by atoms with van der Waals surface area (Å²) in [4.78, 5) is 12.0. The van der Waals surface area contributed by atoms with Crippen molar-refractivity contribution in [2.24, 2.45) is 0 Å². The van der Waals surface area contributed by atoms with Crippen molar-refractivity contribution in [3.05, 3.63) is 53.3 Å². The van der Waals surface area contributed by atoms with E-state index in [1.165, 1.54) is 36.4 Å². The summed E-state index contributed by atoms with van der Waals surface area (Å²) in [6.45, 7) is -0.358. The lowest BCUT2D eigenvalue weighted by Gasteiger charge is -2.14. The molecule has 3 rings (SSSR count). The topological polar surface area (TPSA) is 84.5 Å². The molecular weight excluding hydrogens is 407 g/mol. The van der Waals surface area contributed by atoms with E-state index in [0.29, 0.717) is 5.69 Å². The van der Waals surface area contributed by atoms with Crippen molar-refractivity contribution in [1.82, 2.24) is 4.72 Å². The number of benzene rings is 2. The van der Waals surface area contributed by atoms with Crippen molar-refractivity contribution >= 4 is 33.2 Å². The van der Waals surface area contributed by atoms with Gasteiger partial charge in [-0.25, -0.2) is 17.5 Å². The zero-order valence-electron chi connectivity index (χ0n) is 15.0. The third-order valence-corrected chi connectivity index (χ3v) is 6.17. The number of sulfonamides is 1. The summed E-state index contributed by atoms with van der Waals surface area (Å²) in [5.41, 5.74) is 0.305. The lowest BCUT2D eigenvalue weighted by Crippen LogP contribution is -2.32. The molecule has 1 fully saturated rings. The molecule has 0 spiro atoms. The van der Waals surface area contributed by atoms with Crippen molar-refractivity contribution in [3.8, 4) is 5.75 Å². The molecule has 2 N–H and O–H groups in total. The number of nitrogens with one attached hydrogen (secondary N) is 2. The van der Waals surface area contributed by atoms with Crippen LogP contribution in [0.15, 0.2) is 47.4 Å². The third kappa shape index (κ3) is 5.43. The zero-order chi connectivity index (χ0) is 20.1. The maximum Gasteiger partial charge on any atom is 0.262 e. The van der Waals surface area contributed by atoms with Crippen LogP contribution in [-0.2, 0) is 14.8 Å². The Morgan fingerprint density at radius 1 is 1.18 bits per heavy atom. The summed E-state index contributed by atoms with van der Waals surface area (Å²) in [7, 11) is -3.66. The summed E-state index contributed by atoms with van der Waals surface area (Å²) in [5, 5.41) is 2.57. The normalized spacial score (nSPS) is 14.8. The van der Waals surface area contributed by atoms with Crippen LogP contribution < -0.4 is 14.8 Å². The highest BCUT2D eigenvalue weighted by Gasteiger charge is 2.23. The molecule has 1 amide bonds. The molecule has 1 aliphatic rings. The van der Waals surface area contributed by atoms with E-state index >= 15 is 0 Å². The molecule has 2 aromatic carbocycles. The average Bonchev–Trinajstić information content (AvgIpc) is 3.13. The molecule has 0 atom stereocenters. The molecule has 0 unspecified atom stereocenters. The number of rotatable bonds is 7. The maximum absolute atomic E-state index is 13.1. The van der Waals surface area contributed by atoms with Crippen LogP contribution in [0.25, 0.3) is 0 Å². The van der Waals surface area contributed by atoms with Gasteiger partial charge in [0.05, 0.1) is 9.92 Å². The van der Waals surface area contributed by atoms with E-state index in [-0.39, 0.29) is 28.3 Å². The molecule has 0 bridgehead atoms. The average molecular weight is 427 g/mol. The third-order valence-electron chi connectivity index (χ3n) is 4.36. The van der Waals surface area contributed by atoms with E-state index in [2.05, 4.69) is 10.0 Å². The zero-order valence-corrected chi connectivity index (χ0v) is 16.5. The van der Waals surface area contributed by atoms with Crippen LogP contribution in [-0.4, -0.2) is 27.0 Å². The smallest absolute Gasteiger partial charge is 0.262 e. The van der Waals surface area contributed by atoms with E-state index in [1.807, 2.05) is 0 Å². The standard InChI is InChI=1S/C19H20ClFN2O4S/c20-17-11-16(28(25,26)23-14-5-1-2-6-14)8-9-18(17)27-12-19(24)22-15-7-3-4-13(21)10-15/h3-4,7-11,14,23H,1-2,5-6,12H2,(H,22,24). The molecule has 1 saturated carbocycles. The Labute approximate surface area is 168 Å². The first kappa shape index (κ1) is 20.6. The predicted octanol–water partition coefficient (Wildman–Crippen LogP) is 3.72. The fraction of sp³-hybridized carbons (Fsp3) is 0.316. The minimum atomic E-state index is -3.66. The van der Waals surface area contributed by atoms with Gasteiger partial charge in [-0.2, -0.15) is 0 Å². The lowest BCUT2D eigenvalue weighted by atomic mass is 10.3. The van der Waals surface area contributed by atoms with Gasteiger partial charge in [0.15, 0.2) is 6.61 Å². The SMILES string of the molecule is O=C(COc1ccc(S(=O)(=O)NC2CCCC2)cc1Cl)Nc1cccc(F)c1. The molecule has 2 aromatic rings. The van der Waals surface area contributed by atoms with Crippen molar-refractivity contribution < 1.29 is 22.3 Å². The highest BCUT2D eigenvalue weighted by molar-refractivity contribution is 7.89. The second-order valence-corrected chi connectivity index (χ2v) is 8.66. The Bertz CT molecular complexity index is 962. The van der Waals surface area contributed by atoms with Gasteiger partial charge in [0.1, 0.15) is 11.6 Å². The lowest BCUT2D eigenvalue weighted by molar-refractivity contribution is -0.118.